The van der Waals surface area contributed by atoms with Gasteiger partial charge in [0.15, 0.2) is 5.41 Å². The first kappa shape index (κ1) is 16.8. The van der Waals surface area contributed by atoms with Gasteiger partial charge in [0.2, 0.25) is 0 Å². The van der Waals surface area contributed by atoms with Crippen molar-refractivity contribution in [3.63, 3.8) is 0 Å². The number of benzene rings is 1. The fourth-order valence-electron chi connectivity index (χ4n) is 4.33. The Morgan fingerprint density at radius 1 is 1.27 bits per heavy atom. The van der Waals surface area contributed by atoms with Gasteiger partial charge in [-0.1, -0.05) is 18.2 Å². The second-order valence-electron chi connectivity index (χ2n) is 6.68. The first-order valence-corrected chi connectivity index (χ1v) is 7.86. The molecule has 1 saturated carbocycles. The molecule has 2 N–H and O–H groups in total. The molecule has 2 aliphatic heterocycles. The molecule has 3 aliphatic rings. The highest BCUT2D eigenvalue weighted by Gasteiger charge is 2.94. The standard InChI is InChI=1S/C17H13F3N4O2/c1-9-6-25-17(26-9)15(8-22)12(14(15,7-21)13(23)24-17)10-4-2-3-5-11(10)16(18,19)20/h2-5,9,12H,6H2,1H3,(H2,23,24). The summed E-state index contributed by atoms with van der Waals surface area (Å²) in [5, 5.41) is 19.8. The smallest absolute Gasteiger partial charge is 0.386 e. The first-order chi connectivity index (χ1) is 12.2. The molecule has 1 spiro atoms. The van der Waals surface area contributed by atoms with Gasteiger partial charge in [0.1, 0.15) is 11.3 Å². The van der Waals surface area contributed by atoms with Crippen LogP contribution in [0.15, 0.2) is 29.3 Å². The zero-order chi connectivity index (χ0) is 19.0. The van der Waals surface area contributed by atoms with E-state index >= 15 is 0 Å². The minimum Gasteiger partial charge on any atom is -0.386 e. The molecule has 5 atom stereocenters. The van der Waals surface area contributed by atoms with E-state index in [1.165, 1.54) is 18.2 Å². The predicted molar refractivity (Wildman–Crippen MR) is 81.1 cm³/mol. The molecule has 1 aromatic rings. The van der Waals surface area contributed by atoms with Crippen LogP contribution in [0.2, 0.25) is 0 Å². The Bertz CT molecular complexity index is 918. The molecule has 1 aromatic carbocycles. The summed E-state index contributed by atoms with van der Waals surface area (Å²) in [6.45, 7) is 1.77. The number of hydrogen-bond donors (Lipinski definition) is 1. The van der Waals surface area contributed by atoms with Gasteiger partial charge in [0, 0.05) is 5.92 Å². The van der Waals surface area contributed by atoms with Crippen LogP contribution >= 0.6 is 0 Å². The molecule has 0 aromatic heterocycles. The summed E-state index contributed by atoms with van der Waals surface area (Å²) >= 11 is 0. The highest BCUT2D eigenvalue weighted by Crippen LogP contribution is 2.83. The van der Waals surface area contributed by atoms with Crippen LogP contribution in [-0.2, 0) is 15.7 Å². The number of rotatable bonds is 1. The van der Waals surface area contributed by atoms with Crippen molar-refractivity contribution in [1.82, 2.24) is 0 Å². The molecule has 0 radical (unpaired) electrons. The van der Waals surface area contributed by atoms with E-state index in [0.717, 1.165) is 6.07 Å². The third-order valence-corrected chi connectivity index (χ3v) is 5.38. The number of fused-ring (bicyclic) bond motifs is 2. The molecule has 134 valence electrons. The van der Waals surface area contributed by atoms with E-state index in [2.05, 4.69) is 4.99 Å². The van der Waals surface area contributed by atoms with Crippen molar-refractivity contribution in [2.75, 3.05) is 6.61 Å². The van der Waals surface area contributed by atoms with E-state index in [4.69, 9.17) is 15.2 Å². The third kappa shape index (κ3) is 1.61. The molecule has 4 rings (SSSR count). The molecular formula is C17H13F3N4O2. The molecule has 6 nitrogen and oxygen atoms in total. The predicted octanol–water partition coefficient (Wildman–Crippen LogP) is 2.28. The van der Waals surface area contributed by atoms with Gasteiger partial charge in [0.25, 0.3) is 5.91 Å². The van der Waals surface area contributed by atoms with Crippen LogP contribution in [0.5, 0.6) is 0 Å². The van der Waals surface area contributed by atoms with Gasteiger partial charge in [0.05, 0.1) is 30.4 Å². The Labute approximate surface area is 146 Å². The third-order valence-electron chi connectivity index (χ3n) is 5.38. The molecule has 9 heteroatoms. The number of amidine groups is 1. The van der Waals surface area contributed by atoms with Crippen molar-refractivity contribution >= 4 is 5.84 Å². The lowest BCUT2D eigenvalue weighted by Gasteiger charge is -2.27. The normalized spacial score (nSPS) is 40.6. The van der Waals surface area contributed by atoms with E-state index < -0.39 is 40.5 Å². The Morgan fingerprint density at radius 2 is 1.96 bits per heavy atom. The summed E-state index contributed by atoms with van der Waals surface area (Å²) in [5.74, 6) is -3.27. The van der Waals surface area contributed by atoms with Gasteiger partial charge in [-0.25, -0.2) is 4.99 Å². The molecule has 1 saturated heterocycles. The number of ether oxygens (including phenoxy) is 2. The van der Waals surface area contributed by atoms with Crippen molar-refractivity contribution in [2.45, 2.75) is 31.0 Å². The Kier molecular flexibility index (Phi) is 3.08. The molecule has 26 heavy (non-hydrogen) atoms. The van der Waals surface area contributed by atoms with Crippen LogP contribution in [-0.4, -0.2) is 24.5 Å². The van der Waals surface area contributed by atoms with Gasteiger partial charge in [-0.3, -0.25) is 0 Å². The van der Waals surface area contributed by atoms with Crippen molar-refractivity contribution in [1.29, 1.82) is 10.5 Å². The molecule has 2 fully saturated rings. The van der Waals surface area contributed by atoms with Crippen molar-refractivity contribution < 1.29 is 22.6 Å². The summed E-state index contributed by atoms with van der Waals surface area (Å²) in [4.78, 5) is 4.08. The maximum absolute atomic E-state index is 13.5. The van der Waals surface area contributed by atoms with Crippen LogP contribution in [0.4, 0.5) is 13.2 Å². The number of nitriles is 2. The average Bonchev–Trinajstić information content (AvgIpc) is 2.98. The van der Waals surface area contributed by atoms with Gasteiger partial charge in [-0.05, 0) is 18.6 Å². The highest BCUT2D eigenvalue weighted by molar-refractivity contribution is 6.00. The van der Waals surface area contributed by atoms with E-state index in [0.29, 0.717) is 0 Å². The molecule has 1 aliphatic carbocycles. The molecule has 0 bridgehead atoms. The fraction of sp³-hybridized carbons (Fsp3) is 0.471. The van der Waals surface area contributed by atoms with Crippen molar-refractivity contribution in [3.8, 4) is 12.1 Å². The van der Waals surface area contributed by atoms with Crippen LogP contribution in [0.1, 0.15) is 24.0 Å². The number of nitrogens with zero attached hydrogens (tertiary/aromatic N) is 3. The molecule has 5 unspecified atom stereocenters. The monoisotopic (exact) mass is 362 g/mol. The topological polar surface area (TPSA) is 104 Å². The van der Waals surface area contributed by atoms with Gasteiger partial charge in [-0.2, -0.15) is 23.7 Å². The minimum absolute atomic E-state index is 0.0926. The van der Waals surface area contributed by atoms with Crippen LogP contribution in [0, 0.1) is 33.5 Å². The highest BCUT2D eigenvalue weighted by atomic mass is 19.4. The number of alkyl halides is 3. The largest absolute Gasteiger partial charge is 0.416 e. The van der Waals surface area contributed by atoms with E-state index in [-0.39, 0.29) is 18.0 Å². The maximum atomic E-state index is 13.5. The second kappa shape index (κ2) is 4.76. The van der Waals surface area contributed by atoms with Gasteiger partial charge < -0.3 is 15.2 Å². The lowest BCUT2D eigenvalue weighted by atomic mass is 9.93. The number of halogens is 3. The van der Waals surface area contributed by atoms with Crippen molar-refractivity contribution in [2.24, 2.45) is 21.6 Å². The maximum Gasteiger partial charge on any atom is 0.416 e. The van der Waals surface area contributed by atoms with E-state index in [1.54, 1.807) is 6.92 Å². The zero-order valence-electron chi connectivity index (χ0n) is 13.5. The number of aliphatic imine (C=N–C) groups is 1. The lowest BCUT2D eigenvalue weighted by Crippen LogP contribution is -2.39. The van der Waals surface area contributed by atoms with Crippen molar-refractivity contribution in [3.05, 3.63) is 35.4 Å². The summed E-state index contributed by atoms with van der Waals surface area (Å²) in [6, 6.07) is 8.77. The zero-order valence-corrected chi connectivity index (χ0v) is 13.5. The Hall–Kier alpha value is -2.62. The quantitative estimate of drug-likeness (QED) is 0.825. The molecule has 0 amide bonds. The van der Waals surface area contributed by atoms with Gasteiger partial charge >= 0.3 is 6.18 Å². The van der Waals surface area contributed by atoms with E-state index in [9.17, 15) is 23.7 Å². The summed E-state index contributed by atoms with van der Waals surface area (Å²) in [7, 11) is 0. The molecular weight excluding hydrogens is 349 g/mol. The Morgan fingerprint density at radius 3 is 2.50 bits per heavy atom. The first-order valence-electron chi connectivity index (χ1n) is 7.86. The minimum atomic E-state index is -4.65. The average molecular weight is 362 g/mol. The summed E-state index contributed by atoms with van der Waals surface area (Å²) in [5.41, 5.74) is 1.34. The summed E-state index contributed by atoms with van der Waals surface area (Å²) in [6.07, 6.45) is -5.09. The lowest BCUT2D eigenvalue weighted by molar-refractivity contribution is -0.193. The Balaban J connectivity index is 1.96. The van der Waals surface area contributed by atoms with Crippen LogP contribution < -0.4 is 5.73 Å². The summed E-state index contributed by atoms with van der Waals surface area (Å²) < 4.78 is 51.8. The van der Waals surface area contributed by atoms with Crippen LogP contribution in [0.3, 0.4) is 0 Å². The fourth-order valence-corrected chi connectivity index (χ4v) is 4.33. The van der Waals surface area contributed by atoms with E-state index in [1.807, 2.05) is 12.1 Å². The number of hydrogen-bond acceptors (Lipinski definition) is 6. The second-order valence-corrected chi connectivity index (χ2v) is 6.68. The van der Waals surface area contributed by atoms with Gasteiger partial charge in [-0.15, -0.1) is 0 Å². The van der Waals surface area contributed by atoms with Crippen LogP contribution in [0.25, 0.3) is 0 Å². The SMILES string of the molecule is CC1COC2(N=C(N)C3(C#N)C(c4ccccc4C(F)(F)F)C23C#N)O1. The molecule has 2 heterocycles. The number of nitrogens with two attached hydrogens (primary N) is 1.